The van der Waals surface area contributed by atoms with Gasteiger partial charge >= 0.3 is 0 Å². The van der Waals surface area contributed by atoms with Crippen LogP contribution in [0.1, 0.15) is 17.0 Å². The SMILES string of the molecule is C=CCc1ccccc1OCCn1c(Cc2ccc(Cl)cc2)nc2ccccc21. The van der Waals surface area contributed by atoms with Crippen molar-refractivity contribution < 1.29 is 4.74 Å². The first kappa shape index (κ1) is 19.3. The fourth-order valence-electron chi connectivity index (χ4n) is 3.51. The maximum atomic E-state index is 6.12. The third-order valence-corrected chi connectivity index (χ3v) is 5.17. The molecule has 0 radical (unpaired) electrons. The van der Waals surface area contributed by atoms with Crippen molar-refractivity contribution in [3.05, 3.63) is 107 Å². The van der Waals surface area contributed by atoms with Crippen LogP contribution < -0.4 is 4.74 Å². The minimum atomic E-state index is 0.572. The fraction of sp³-hybridized carbons (Fsp3) is 0.160. The second-order valence-corrected chi connectivity index (χ2v) is 7.36. The van der Waals surface area contributed by atoms with Crippen LogP contribution in [0.5, 0.6) is 5.75 Å². The Labute approximate surface area is 176 Å². The van der Waals surface area contributed by atoms with Gasteiger partial charge in [-0.05, 0) is 47.9 Å². The standard InChI is InChI=1S/C25H23ClN2O/c1-2-7-20-8-3-6-11-24(20)29-17-16-28-23-10-5-4-9-22(23)27-25(28)18-19-12-14-21(26)15-13-19/h2-6,8-15H,1,7,16-18H2. The van der Waals surface area contributed by atoms with Crippen LogP contribution in [-0.4, -0.2) is 16.2 Å². The third-order valence-electron chi connectivity index (χ3n) is 4.92. The van der Waals surface area contributed by atoms with Crippen molar-refractivity contribution in [2.75, 3.05) is 6.61 Å². The van der Waals surface area contributed by atoms with Gasteiger partial charge in [0.15, 0.2) is 0 Å². The maximum Gasteiger partial charge on any atom is 0.122 e. The van der Waals surface area contributed by atoms with E-state index in [4.69, 9.17) is 21.3 Å². The minimum absolute atomic E-state index is 0.572. The van der Waals surface area contributed by atoms with Gasteiger partial charge < -0.3 is 9.30 Å². The van der Waals surface area contributed by atoms with Crippen LogP contribution in [0.25, 0.3) is 11.0 Å². The molecule has 0 fully saturated rings. The van der Waals surface area contributed by atoms with Crippen molar-refractivity contribution in [2.45, 2.75) is 19.4 Å². The molecule has 0 aliphatic carbocycles. The summed E-state index contributed by atoms with van der Waals surface area (Å²) in [5.74, 6) is 1.94. The van der Waals surface area contributed by atoms with Crippen LogP contribution >= 0.6 is 11.6 Å². The van der Waals surface area contributed by atoms with E-state index < -0.39 is 0 Å². The molecular formula is C25H23ClN2O. The number of hydrogen-bond donors (Lipinski definition) is 0. The maximum absolute atomic E-state index is 6.12. The molecular weight excluding hydrogens is 380 g/mol. The fourth-order valence-corrected chi connectivity index (χ4v) is 3.64. The van der Waals surface area contributed by atoms with Crippen LogP contribution in [0.4, 0.5) is 0 Å². The highest BCUT2D eigenvalue weighted by Gasteiger charge is 2.12. The molecule has 4 heteroatoms. The molecule has 0 bridgehead atoms. The van der Waals surface area contributed by atoms with Crippen LogP contribution in [0.2, 0.25) is 5.02 Å². The van der Waals surface area contributed by atoms with Gasteiger partial charge in [0.2, 0.25) is 0 Å². The summed E-state index contributed by atoms with van der Waals surface area (Å²) in [6, 6.07) is 24.3. The van der Waals surface area contributed by atoms with Crippen LogP contribution in [-0.2, 0) is 19.4 Å². The van der Waals surface area contributed by atoms with Gasteiger partial charge in [-0.3, -0.25) is 0 Å². The molecule has 0 saturated heterocycles. The molecule has 0 N–H and O–H groups in total. The Kier molecular flexibility index (Phi) is 5.97. The Morgan fingerprint density at radius 2 is 1.72 bits per heavy atom. The summed E-state index contributed by atoms with van der Waals surface area (Å²) in [7, 11) is 0. The molecule has 0 atom stereocenters. The average molecular weight is 403 g/mol. The van der Waals surface area contributed by atoms with Gasteiger partial charge in [-0.2, -0.15) is 0 Å². The number of imidazole rings is 1. The second-order valence-electron chi connectivity index (χ2n) is 6.92. The molecule has 29 heavy (non-hydrogen) atoms. The molecule has 0 amide bonds. The Morgan fingerprint density at radius 1 is 0.966 bits per heavy atom. The molecule has 4 aromatic rings. The first-order chi connectivity index (χ1) is 14.2. The highest BCUT2D eigenvalue weighted by atomic mass is 35.5. The van der Waals surface area contributed by atoms with Crippen LogP contribution in [0.15, 0.2) is 85.5 Å². The number of nitrogens with zero attached hydrogens (tertiary/aromatic N) is 2. The lowest BCUT2D eigenvalue weighted by molar-refractivity contribution is 0.296. The number of ether oxygens (including phenoxy) is 1. The molecule has 3 nitrogen and oxygen atoms in total. The van der Waals surface area contributed by atoms with E-state index in [1.807, 2.05) is 60.7 Å². The van der Waals surface area contributed by atoms with Crippen molar-refractivity contribution in [3.8, 4) is 5.75 Å². The normalized spacial score (nSPS) is 10.9. The lowest BCUT2D eigenvalue weighted by atomic mass is 10.1. The van der Waals surface area contributed by atoms with E-state index in [2.05, 4.69) is 29.3 Å². The third kappa shape index (κ3) is 4.52. The Morgan fingerprint density at radius 3 is 2.55 bits per heavy atom. The lowest BCUT2D eigenvalue weighted by Gasteiger charge is -2.13. The lowest BCUT2D eigenvalue weighted by Crippen LogP contribution is -2.12. The van der Waals surface area contributed by atoms with Crippen molar-refractivity contribution >= 4 is 22.6 Å². The van der Waals surface area contributed by atoms with Crippen molar-refractivity contribution in [2.24, 2.45) is 0 Å². The summed E-state index contributed by atoms with van der Waals surface area (Å²) in [6.07, 6.45) is 3.45. The number of benzene rings is 3. The second kappa shape index (κ2) is 8.97. The van der Waals surface area contributed by atoms with E-state index in [1.54, 1.807) is 0 Å². The van der Waals surface area contributed by atoms with Crippen LogP contribution in [0, 0.1) is 0 Å². The highest BCUT2D eigenvalue weighted by molar-refractivity contribution is 6.30. The number of halogens is 1. The van der Waals surface area contributed by atoms with Gasteiger partial charge in [0.05, 0.1) is 17.6 Å². The van der Waals surface area contributed by atoms with Crippen LogP contribution in [0.3, 0.4) is 0 Å². The van der Waals surface area contributed by atoms with E-state index in [0.717, 1.165) is 52.6 Å². The molecule has 0 aliphatic rings. The zero-order chi connectivity index (χ0) is 20.1. The largest absolute Gasteiger partial charge is 0.491 e. The van der Waals surface area contributed by atoms with Gasteiger partial charge in [-0.1, -0.05) is 60.1 Å². The van der Waals surface area contributed by atoms with E-state index in [-0.39, 0.29) is 0 Å². The zero-order valence-corrected chi connectivity index (χ0v) is 17.0. The van der Waals surface area contributed by atoms with Gasteiger partial charge in [-0.25, -0.2) is 4.98 Å². The number of fused-ring (bicyclic) bond motifs is 1. The molecule has 0 spiro atoms. The van der Waals surface area contributed by atoms with Gasteiger partial charge in [-0.15, -0.1) is 6.58 Å². The van der Waals surface area contributed by atoms with Gasteiger partial charge in [0.1, 0.15) is 18.2 Å². The Balaban J connectivity index is 1.56. The predicted molar refractivity (Wildman–Crippen MR) is 120 cm³/mol. The number of hydrogen-bond acceptors (Lipinski definition) is 2. The number of rotatable bonds is 8. The molecule has 146 valence electrons. The number of allylic oxidation sites excluding steroid dienone is 1. The number of para-hydroxylation sites is 3. The summed E-state index contributed by atoms with van der Waals surface area (Å²) in [4.78, 5) is 4.86. The summed E-state index contributed by atoms with van der Waals surface area (Å²) in [6.45, 7) is 5.13. The summed E-state index contributed by atoms with van der Waals surface area (Å²) >= 11 is 6.03. The van der Waals surface area contributed by atoms with Gasteiger partial charge in [0, 0.05) is 11.4 Å². The minimum Gasteiger partial charge on any atom is -0.491 e. The quantitative estimate of drug-likeness (QED) is 0.333. The average Bonchev–Trinajstić information content (AvgIpc) is 3.08. The van der Waals surface area contributed by atoms with E-state index in [9.17, 15) is 0 Å². The molecule has 1 heterocycles. The highest BCUT2D eigenvalue weighted by Crippen LogP contribution is 2.21. The molecule has 0 unspecified atom stereocenters. The first-order valence-electron chi connectivity index (χ1n) is 9.75. The summed E-state index contributed by atoms with van der Waals surface area (Å²) in [5, 5.41) is 0.744. The number of aromatic nitrogens is 2. The zero-order valence-electron chi connectivity index (χ0n) is 16.2. The summed E-state index contributed by atoms with van der Waals surface area (Å²) in [5.41, 5.74) is 4.46. The molecule has 3 aromatic carbocycles. The van der Waals surface area contributed by atoms with E-state index >= 15 is 0 Å². The molecule has 0 aliphatic heterocycles. The molecule has 0 saturated carbocycles. The Hall–Kier alpha value is -3.04. The smallest absolute Gasteiger partial charge is 0.122 e. The molecule has 1 aromatic heterocycles. The summed E-state index contributed by atoms with van der Waals surface area (Å²) < 4.78 is 8.37. The van der Waals surface area contributed by atoms with E-state index in [1.165, 1.54) is 5.56 Å². The predicted octanol–water partition coefficient (Wildman–Crippen LogP) is 6.09. The van der Waals surface area contributed by atoms with Gasteiger partial charge in [0.25, 0.3) is 0 Å². The monoisotopic (exact) mass is 402 g/mol. The van der Waals surface area contributed by atoms with E-state index in [0.29, 0.717) is 6.61 Å². The van der Waals surface area contributed by atoms with Crippen molar-refractivity contribution in [1.29, 1.82) is 0 Å². The molecule has 4 rings (SSSR count). The Bertz CT molecular complexity index is 1120. The first-order valence-corrected chi connectivity index (χ1v) is 10.1. The van der Waals surface area contributed by atoms with Crippen molar-refractivity contribution in [1.82, 2.24) is 9.55 Å². The topological polar surface area (TPSA) is 27.1 Å². The van der Waals surface area contributed by atoms with Crippen molar-refractivity contribution in [3.63, 3.8) is 0 Å².